The van der Waals surface area contributed by atoms with E-state index in [2.05, 4.69) is 54.5 Å². The number of carbonyl (C=O) groups excluding carboxylic acids is 1. The van der Waals surface area contributed by atoms with Crippen molar-refractivity contribution in [1.82, 2.24) is 0 Å². The lowest BCUT2D eigenvalue weighted by Gasteiger charge is -2.70. The minimum absolute atomic E-state index is 0.000775. The first-order chi connectivity index (χ1) is 16.5. The van der Waals surface area contributed by atoms with Gasteiger partial charge < -0.3 is 9.84 Å². The molecule has 36 heavy (non-hydrogen) atoms. The molecule has 0 saturated heterocycles. The van der Waals surface area contributed by atoms with Crippen LogP contribution in [-0.2, 0) is 14.3 Å². The standard InChI is InChI=1S/C32H50O4/c1-20(33)36-25-12-15-29(6)21(28(25,4)5)9-13-30(7)22(29)10-14-31(8)23(30)11-16-32(26(34)35)18-17-27(2,3)19-24(31)32/h11,21-22,24-25H,9-10,12-19H2,1-8H3,(H,34,35)/t21?,22?,24?,25-,29-,30+,31+,32?/m0/s1. The molecule has 5 aliphatic carbocycles. The number of ether oxygens (including phenoxy) is 1. The fourth-order valence-electron chi connectivity index (χ4n) is 11.3. The Hall–Kier alpha value is -1.32. The topological polar surface area (TPSA) is 63.6 Å². The van der Waals surface area contributed by atoms with Crippen LogP contribution in [0.1, 0.15) is 120 Å². The minimum atomic E-state index is -0.595. The molecule has 0 aliphatic heterocycles. The third kappa shape index (κ3) is 3.37. The van der Waals surface area contributed by atoms with Crippen molar-refractivity contribution in [1.29, 1.82) is 0 Å². The van der Waals surface area contributed by atoms with Gasteiger partial charge in [0, 0.05) is 12.3 Å². The highest BCUT2D eigenvalue weighted by molar-refractivity contribution is 5.76. The number of carbonyl (C=O) groups is 2. The smallest absolute Gasteiger partial charge is 0.310 e. The van der Waals surface area contributed by atoms with Gasteiger partial charge in [-0.05, 0) is 104 Å². The van der Waals surface area contributed by atoms with Crippen LogP contribution < -0.4 is 0 Å². The number of allylic oxidation sites excluding steroid dienone is 2. The van der Waals surface area contributed by atoms with Crippen LogP contribution in [0.15, 0.2) is 11.6 Å². The van der Waals surface area contributed by atoms with E-state index in [0.29, 0.717) is 18.3 Å². The van der Waals surface area contributed by atoms with Crippen molar-refractivity contribution < 1.29 is 19.4 Å². The molecular formula is C32H50O4. The molecule has 0 aromatic heterocycles. The predicted octanol–water partition coefficient (Wildman–Crippen LogP) is 7.80. The van der Waals surface area contributed by atoms with Gasteiger partial charge in [0.2, 0.25) is 0 Å². The van der Waals surface area contributed by atoms with Crippen LogP contribution >= 0.6 is 0 Å². The molecule has 4 unspecified atom stereocenters. The van der Waals surface area contributed by atoms with Gasteiger partial charge in [-0.1, -0.05) is 60.1 Å². The molecule has 5 aliphatic rings. The van der Waals surface area contributed by atoms with Crippen LogP contribution in [0.5, 0.6) is 0 Å². The summed E-state index contributed by atoms with van der Waals surface area (Å²) in [4.78, 5) is 24.7. The van der Waals surface area contributed by atoms with E-state index >= 15 is 0 Å². The third-order valence-electron chi connectivity index (χ3n) is 13.0. The Bertz CT molecular complexity index is 992. The summed E-state index contributed by atoms with van der Waals surface area (Å²) < 4.78 is 5.87. The van der Waals surface area contributed by atoms with Crippen molar-refractivity contribution in [3.63, 3.8) is 0 Å². The van der Waals surface area contributed by atoms with E-state index in [9.17, 15) is 14.7 Å². The molecule has 4 nitrogen and oxygen atoms in total. The normalized spacial score (nSPS) is 48.8. The number of carboxylic acid groups (broad SMARTS) is 1. The maximum absolute atomic E-state index is 12.9. The van der Waals surface area contributed by atoms with Gasteiger partial charge in [-0.25, -0.2) is 0 Å². The van der Waals surface area contributed by atoms with E-state index < -0.39 is 11.4 Å². The van der Waals surface area contributed by atoms with E-state index in [1.54, 1.807) is 12.5 Å². The minimum Gasteiger partial charge on any atom is -0.481 e. The molecular weight excluding hydrogens is 448 g/mol. The molecule has 0 aromatic rings. The van der Waals surface area contributed by atoms with Crippen LogP contribution in [0.4, 0.5) is 0 Å². The summed E-state index contributed by atoms with van der Waals surface area (Å²) in [6.45, 7) is 18.4. The highest BCUT2D eigenvalue weighted by atomic mass is 16.5. The molecule has 5 rings (SSSR count). The number of carboxylic acids is 1. The Morgan fingerprint density at radius 2 is 1.44 bits per heavy atom. The van der Waals surface area contributed by atoms with Crippen molar-refractivity contribution in [2.45, 2.75) is 126 Å². The maximum atomic E-state index is 12.9. The molecule has 202 valence electrons. The van der Waals surface area contributed by atoms with Gasteiger partial charge in [0.05, 0.1) is 5.41 Å². The number of aliphatic carboxylic acids is 1. The highest BCUT2D eigenvalue weighted by Gasteiger charge is 2.68. The van der Waals surface area contributed by atoms with Crippen molar-refractivity contribution in [3.8, 4) is 0 Å². The number of esters is 1. The average Bonchev–Trinajstić information content (AvgIpc) is 2.75. The Kier molecular flexibility index (Phi) is 5.74. The van der Waals surface area contributed by atoms with Crippen LogP contribution in [0, 0.1) is 50.2 Å². The van der Waals surface area contributed by atoms with Crippen molar-refractivity contribution in [2.24, 2.45) is 50.2 Å². The van der Waals surface area contributed by atoms with Gasteiger partial charge in [-0.15, -0.1) is 0 Å². The summed E-state index contributed by atoms with van der Waals surface area (Å²) in [5, 5.41) is 10.6. The second kappa shape index (κ2) is 7.85. The maximum Gasteiger partial charge on any atom is 0.310 e. The number of rotatable bonds is 2. The van der Waals surface area contributed by atoms with Gasteiger partial charge in [-0.2, -0.15) is 0 Å². The lowest BCUT2D eigenvalue weighted by Crippen LogP contribution is -2.64. The van der Waals surface area contributed by atoms with Gasteiger partial charge in [0.25, 0.3) is 0 Å². The Labute approximate surface area is 219 Å². The molecule has 1 N–H and O–H groups in total. The Morgan fingerprint density at radius 1 is 0.833 bits per heavy atom. The zero-order valence-electron chi connectivity index (χ0n) is 24.1. The summed E-state index contributed by atoms with van der Waals surface area (Å²) in [7, 11) is 0. The number of hydrogen-bond donors (Lipinski definition) is 1. The average molecular weight is 499 g/mol. The molecule has 0 bridgehead atoms. The first-order valence-electron chi connectivity index (χ1n) is 14.6. The number of fused-ring (bicyclic) bond motifs is 7. The van der Waals surface area contributed by atoms with Gasteiger partial charge >= 0.3 is 11.9 Å². The second-order valence-electron chi connectivity index (χ2n) is 15.7. The summed E-state index contributed by atoms with van der Waals surface area (Å²) in [5.74, 6) is 0.616. The van der Waals surface area contributed by atoms with Crippen LogP contribution in [0.2, 0.25) is 0 Å². The lowest BCUT2D eigenvalue weighted by molar-refractivity contribution is -0.200. The van der Waals surface area contributed by atoms with Crippen molar-refractivity contribution >= 4 is 11.9 Å². The summed E-state index contributed by atoms with van der Waals surface area (Å²) in [6.07, 6.45) is 12.6. The van der Waals surface area contributed by atoms with Crippen molar-refractivity contribution in [3.05, 3.63) is 11.6 Å². The molecule has 0 amide bonds. The predicted molar refractivity (Wildman–Crippen MR) is 142 cm³/mol. The summed E-state index contributed by atoms with van der Waals surface area (Å²) in [5.41, 5.74) is 1.47. The van der Waals surface area contributed by atoms with Crippen LogP contribution in [-0.4, -0.2) is 23.1 Å². The van der Waals surface area contributed by atoms with E-state index in [4.69, 9.17) is 4.74 Å². The van der Waals surface area contributed by atoms with E-state index in [0.717, 1.165) is 51.4 Å². The first-order valence-corrected chi connectivity index (χ1v) is 14.6. The Balaban J connectivity index is 1.54. The van der Waals surface area contributed by atoms with E-state index in [1.165, 1.54) is 6.42 Å². The molecule has 4 saturated carbocycles. The molecule has 4 heteroatoms. The fourth-order valence-corrected chi connectivity index (χ4v) is 11.3. The lowest BCUT2D eigenvalue weighted by atomic mass is 9.34. The zero-order chi connectivity index (χ0) is 26.5. The van der Waals surface area contributed by atoms with Crippen LogP contribution in [0.25, 0.3) is 0 Å². The number of hydrogen-bond acceptors (Lipinski definition) is 3. The van der Waals surface area contributed by atoms with Crippen molar-refractivity contribution in [2.75, 3.05) is 0 Å². The fraction of sp³-hybridized carbons (Fsp3) is 0.875. The molecule has 8 atom stereocenters. The largest absolute Gasteiger partial charge is 0.481 e. The molecule has 4 fully saturated rings. The second-order valence-corrected chi connectivity index (χ2v) is 15.7. The quantitative estimate of drug-likeness (QED) is 0.311. The SMILES string of the molecule is CC(=O)O[C@H]1CC[C@@]2(C)C(CC[C@@]3(C)C4=CCC5(C(=O)O)CCC(C)(C)CC5[C@]4(C)CCC23)C1(C)C. The van der Waals surface area contributed by atoms with Gasteiger partial charge in [0.15, 0.2) is 0 Å². The van der Waals surface area contributed by atoms with E-state index in [1.807, 2.05) is 0 Å². The summed E-state index contributed by atoms with van der Waals surface area (Å²) >= 11 is 0. The molecule has 0 spiro atoms. The molecule has 0 radical (unpaired) electrons. The van der Waals surface area contributed by atoms with Gasteiger partial charge in [-0.3, -0.25) is 9.59 Å². The third-order valence-corrected chi connectivity index (χ3v) is 13.0. The molecule has 0 heterocycles. The first kappa shape index (κ1) is 26.3. The summed E-state index contributed by atoms with van der Waals surface area (Å²) in [6, 6.07) is 0. The van der Waals surface area contributed by atoms with Gasteiger partial charge in [0.1, 0.15) is 6.10 Å². The van der Waals surface area contributed by atoms with E-state index in [-0.39, 0.29) is 45.1 Å². The zero-order valence-corrected chi connectivity index (χ0v) is 24.1. The highest BCUT2D eigenvalue weighted by Crippen LogP contribution is 2.75. The molecule has 0 aromatic carbocycles. The van der Waals surface area contributed by atoms with Crippen LogP contribution in [0.3, 0.4) is 0 Å². The monoisotopic (exact) mass is 498 g/mol. The Morgan fingerprint density at radius 3 is 2.06 bits per heavy atom.